The third-order valence-electron chi connectivity index (χ3n) is 3.02. The molecule has 0 saturated heterocycles. The maximum Gasteiger partial charge on any atom is 0.137 e. The molecule has 24 heavy (non-hydrogen) atoms. The molecule has 0 radical (unpaired) electrons. The van der Waals surface area contributed by atoms with Gasteiger partial charge in [-0.1, -0.05) is 32.1 Å². The number of phenolic OH excluding ortho intramolecular Hbond substituents is 1. The highest BCUT2D eigenvalue weighted by Gasteiger charge is 2.05. The molecule has 0 fully saturated rings. The molecule has 126 valence electrons. The number of phenols is 1. The van der Waals surface area contributed by atoms with E-state index in [2.05, 4.69) is 16.5 Å². The topological polar surface area (TPSA) is 74.9 Å². The Hall–Kier alpha value is -3.01. The fourth-order valence-electron chi connectivity index (χ4n) is 2.11. The van der Waals surface area contributed by atoms with Crippen molar-refractivity contribution in [2.24, 2.45) is 5.73 Å². The van der Waals surface area contributed by atoms with Crippen molar-refractivity contribution >= 4 is 17.1 Å². The molecule has 0 aliphatic carbocycles. The molecule has 4 nitrogen and oxygen atoms in total. The van der Waals surface area contributed by atoms with Crippen LogP contribution < -0.4 is 5.73 Å². The van der Waals surface area contributed by atoms with Gasteiger partial charge in [0.05, 0.1) is 0 Å². The van der Waals surface area contributed by atoms with Crippen LogP contribution in [0.3, 0.4) is 0 Å². The predicted molar refractivity (Wildman–Crippen MR) is 104 cm³/mol. The van der Waals surface area contributed by atoms with Gasteiger partial charge in [-0.2, -0.15) is 0 Å². The molecule has 0 spiro atoms. The third kappa shape index (κ3) is 4.74. The summed E-state index contributed by atoms with van der Waals surface area (Å²) in [4.78, 5) is 7.47. The summed E-state index contributed by atoms with van der Waals surface area (Å²) in [6.45, 7) is 9.25. The molecule has 1 aromatic carbocycles. The largest absolute Gasteiger partial charge is 0.508 e. The summed E-state index contributed by atoms with van der Waals surface area (Å²) in [5.41, 5.74) is 9.12. The first kappa shape index (κ1) is 19.0. The Morgan fingerprint density at radius 2 is 1.92 bits per heavy atom. The van der Waals surface area contributed by atoms with E-state index < -0.39 is 0 Å². The van der Waals surface area contributed by atoms with Gasteiger partial charge in [-0.25, -0.2) is 4.98 Å². The maximum absolute atomic E-state index is 9.53. The van der Waals surface area contributed by atoms with E-state index in [1.165, 1.54) is 6.20 Å². The second-order valence-electron chi connectivity index (χ2n) is 4.68. The molecule has 2 aromatic heterocycles. The summed E-state index contributed by atoms with van der Waals surface area (Å²) in [5, 5.41) is 10.5. The van der Waals surface area contributed by atoms with Crippen molar-refractivity contribution < 1.29 is 5.11 Å². The van der Waals surface area contributed by atoms with E-state index >= 15 is 0 Å². The number of aromatic hydroxyl groups is 1. The van der Waals surface area contributed by atoms with Crippen LogP contribution in [-0.4, -0.2) is 15.1 Å². The van der Waals surface area contributed by atoms with E-state index in [1.807, 2.05) is 51.2 Å². The van der Waals surface area contributed by atoms with Crippen molar-refractivity contribution in [3.63, 3.8) is 0 Å². The highest BCUT2D eigenvalue weighted by atomic mass is 16.3. The molecule has 0 aliphatic rings. The fourth-order valence-corrected chi connectivity index (χ4v) is 2.11. The smallest absolute Gasteiger partial charge is 0.137 e. The number of nitrogens with two attached hydrogens (primary N) is 1. The van der Waals surface area contributed by atoms with Crippen LogP contribution in [0.5, 0.6) is 5.75 Å². The second kappa shape index (κ2) is 9.90. The lowest BCUT2D eigenvalue weighted by Crippen LogP contribution is -1.82. The number of aromatic nitrogens is 2. The van der Waals surface area contributed by atoms with E-state index in [9.17, 15) is 5.11 Å². The van der Waals surface area contributed by atoms with Gasteiger partial charge in [-0.05, 0) is 43.0 Å². The van der Waals surface area contributed by atoms with Gasteiger partial charge in [0.2, 0.25) is 0 Å². The third-order valence-corrected chi connectivity index (χ3v) is 3.02. The van der Waals surface area contributed by atoms with Gasteiger partial charge in [-0.15, -0.1) is 6.58 Å². The van der Waals surface area contributed by atoms with Crippen molar-refractivity contribution in [3.05, 3.63) is 67.1 Å². The Bertz CT molecular complexity index is 804. The van der Waals surface area contributed by atoms with Gasteiger partial charge < -0.3 is 15.8 Å². The zero-order valence-electron chi connectivity index (χ0n) is 14.5. The molecule has 4 heteroatoms. The number of benzene rings is 1. The molecule has 0 atom stereocenters. The minimum atomic E-state index is 0.244. The number of rotatable bonds is 2. The molecule has 0 amide bonds. The van der Waals surface area contributed by atoms with Gasteiger partial charge in [-0.3, -0.25) is 0 Å². The summed E-state index contributed by atoms with van der Waals surface area (Å²) >= 11 is 0. The number of H-pyrrole nitrogens is 1. The lowest BCUT2D eigenvalue weighted by Gasteiger charge is -2.02. The number of nitrogens with one attached hydrogen (secondary N) is 1. The lowest BCUT2D eigenvalue weighted by molar-refractivity contribution is 0.475. The number of aromatic amines is 1. The number of hydrogen-bond donors (Lipinski definition) is 3. The van der Waals surface area contributed by atoms with Crippen LogP contribution in [-0.2, 0) is 0 Å². The van der Waals surface area contributed by atoms with Gasteiger partial charge >= 0.3 is 0 Å². The zero-order chi connectivity index (χ0) is 17.9. The normalized spacial score (nSPS) is 9.79. The molecule has 3 rings (SSSR count). The van der Waals surface area contributed by atoms with Gasteiger partial charge in [0.1, 0.15) is 11.4 Å². The van der Waals surface area contributed by atoms with Crippen molar-refractivity contribution in [2.45, 2.75) is 20.8 Å². The van der Waals surface area contributed by atoms with Crippen LogP contribution in [0.2, 0.25) is 0 Å². The van der Waals surface area contributed by atoms with Gasteiger partial charge in [0.15, 0.2) is 0 Å². The van der Waals surface area contributed by atoms with Crippen molar-refractivity contribution in [3.8, 4) is 16.9 Å². The van der Waals surface area contributed by atoms with E-state index in [1.54, 1.807) is 24.4 Å². The van der Waals surface area contributed by atoms with Crippen LogP contribution in [0, 0.1) is 0 Å². The summed E-state index contributed by atoms with van der Waals surface area (Å²) < 4.78 is 0. The number of hydrogen-bond acceptors (Lipinski definition) is 3. The summed E-state index contributed by atoms with van der Waals surface area (Å²) in [7, 11) is 0. The van der Waals surface area contributed by atoms with E-state index in [-0.39, 0.29) is 5.75 Å². The quantitative estimate of drug-likeness (QED) is 0.575. The Morgan fingerprint density at radius 3 is 2.54 bits per heavy atom. The summed E-state index contributed by atoms with van der Waals surface area (Å²) in [5.74, 6) is 0.244. The van der Waals surface area contributed by atoms with Crippen molar-refractivity contribution in [1.29, 1.82) is 0 Å². The standard InChI is InChI=1S/C15H13N3O.C3H6.C2H6/c16-5-4-11-8-17-15-14(11)7-12(9-18-15)10-2-1-3-13(19)6-10;1-3-2;1-2/h1-9,19H,16H2,(H,17,18);3H,1H2,2H3;1-2H3/b5-4+;;. The number of pyridine rings is 1. The number of fused-ring (bicyclic) bond motifs is 1. The molecule has 3 aromatic rings. The highest BCUT2D eigenvalue weighted by Crippen LogP contribution is 2.27. The first-order valence-corrected chi connectivity index (χ1v) is 7.91. The highest BCUT2D eigenvalue weighted by molar-refractivity contribution is 5.89. The zero-order valence-corrected chi connectivity index (χ0v) is 14.5. The summed E-state index contributed by atoms with van der Waals surface area (Å²) in [6.07, 6.45) is 8.73. The average molecular weight is 323 g/mol. The summed E-state index contributed by atoms with van der Waals surface area (Å²) in [6, 6.07) is 9.14. The van der Waals surface area contributed by atoms with E-state index in [4.69, 9.17) is 5.73 Å². The maximum atomic E-state index is 9.53. The monoisotopic (exact) mass is 323 g/mol. The van der Waals surface area contributed by atoms with Crippen molar-refractivity contribution in [1.82, 2.24) is 9.97 Å². The molecule has 0 aliphatic heterocycles. The van der Waals surface area contributed by atoms with Crippen LogP contribution >= 0.6 is 0 Å². The van der Waals surface area contributed by atoms with Gasteiger partial charge in [0, 0.05) is 28.9 Å². The Labute approximate surface area is 143 Å². The molecule has 2 heterocycles. The molecule has 4 N–H and O–H groups in total. The fraction of sp³-hybridized carbons (Fsp3) is 0.150. The second-order valence-corrected chi connectivity index (χ2v) is 4.68. The van der Waals surface area contributed by atoms with Crippen LogP contribution in [0.1, 0.15) is 26.3 Å². The van der Waals surface area contributed by atoms with Crippen LogP contribution in [0.4, 0.5) is 0 Å². The van der Waals surface area contributed by atoms with E-state index in [0.717, 1.165) is 27.7 Å². The van der Waals surface area contributed by atoms with E-state index in [0.29, 0.717) is 0 Å². The molecule has 0 saturated carbocycles. The Morgan fingerprint density at radius 1 is 1.21 bits per heavy atom. The Balaban J connectivity index is 0.000000521. The first-order chi connectivity index (χ1) is 11.7. The van der Waals surface area contributed by atoms with Crippen LogP contribution in [0.15, 0.2) is 61.6 Å². The SMILES string of the molecule is C=CC.CC.N/C=C/c1c[nH]c2ncc(-c3cccc(O)c3)cc12. The predicted octanol–water partition coefficient (Wildman–Crippen LogP) is 5.08. The Kier molecular flexibility index (Phi) is 7.85. The average Bonchev–Trinajstić information content (AvgIpc) is 3.00. The van der Waals surface area contributed by atoms with Crippen LogP contribution in [0.25, 0.3) is 28.2 Å². The van der Waals surface area contributed by atoms with Crippen molar-refractivity contribution in [2.75, 3.05) is 0 Å². The minimum Gasteiger partial charge on any atom is -0.508 e. The molecular formula is C20H25N3O. The molecule has 0 bridgehead atoms. The first-order valence-electron chi connectivity index (χ1n) is 7.91. The number of nitrogens with zero attached hydrogens (tertiary/aromatic N) is 1. The number of allylic oxidation sites excluding steroid dienone is 1. The molecule has 0 unspecified atom stereocenters. The minimum absolute atomic E-state index is 0.244. The lowest BCUT2D eigenvalue weighted by atomic mass is 10.1. The molecular weight excluding hydrogens is 298 g/mol. The van der Waals surface area contributed by atoms with Gasteiger partial charge in [0.25, 0.3) is 0 Å².